The Kier molecular flexibility index (Phi) is 4.90. The van der Waals surface area contributed by atoms with Crippen molar-refractivity contribution in [1.82, 2.24) is 4.90 Å². The van der Waals surface area contributed by atoms with Crippen LogP contribution in [0.3, 0.4) is 0 Å². The van der Waals surface area contributed by atoms with Crippen molar-refractivity contribution in [2.45, 2.75) is 31.1 Å². The maximum absolute atomic E-state index is 12.7. The van der Waals surface area contributed by atoms with Crippen LogP contribution in [0.25, 0.3) is 0 Å². The van der Waals surface area contributed by atoms with Crippen LogP contribution >= 0.6 is 0 Å². The van der Waals surface area contributed by atoms with Gasteiger partial charge in [-0.3, -0.25) is 9.52 Å². The van der Waals surface area contributed by atoms with E-state index in [1.54, 1.807) is 36.2 Å². The molecular formula is C20H24N2O4S. The lowest BCUT2D eigenvalue weighted by Crippen LogP contribution is -2.27. The van der Waals surface area contributed by atoms with Gasteiger partial charge in [0.25, 0.3) is 15.9 Å². The number of anilines is 1. The molecule has 0 radical (unpaired) electrons. The van der Waals surface area contributed by atoms with Crippen molar-refractivity contribution < 1.29 is 17.9 Å². The summed E-state index contributed by atoms with van der Waals surface area (Å²) in [5.41, 5.74) is 1.66. The first kappa shape index (κ1) is 19.2. The summed E-state index contributed by atoms with van der Waals surface area (Å²) in [6, 6.07) is 11.5. The summed E-state index contributed by atoms with van der Waals surface area (Å²) in [7, 11) is -2.07. The Morgan fingerprint density at radius 1 is 1.07 bits per heavy atom. The normalized spacial score (nSPS) is 15.0. The zero-order valence-electron chi connectivity index (χ0n) is 15.9. The van der Waals surface area contributed by atoms with Gasteiger partial charge in [-0.1, -0.05) is 32.9 Å². The molecular weight excluding hydrogens is 364 g/mol. The van der Waals surface area contributed by atoms with Crippen molar-refractivity contribution in [3.8, 4) is 5.75 Å². The van der Waals surface area contributed by atoms with E-state index < -0.39 is 10.0 Å². The third kappa shape index (κ3) is 4.08. The molecule has 1 aliphatic heterocycles. The Balaban J connectivity index is 1.88. The SMILES string of the molecule is CN1CCOc2ccc(NS(=O)(=O)c3ccc(C(C)(C)C)cc3)cc2C1=O. The number of hydrogen-bond acceptors (Lipinski definition) is 4. The average molecular weight is 388 g/mol. The quantitative estimate of drug-likeness (QED) is 0.876. The average Bonchev–Trinajstić information content (AvgIpc) is 2.74. The van der Waals surface area contributed by atoms with Crippen molar-refractivity contribution in [1.29, 1.82) is 0 Å². The maximum atomic E-state index is 12.7. The first-order chi connectivity index (χ1) is 12.6. The van der Waals surface area contributed by atoms with Gasteiger partial charge in [-0.25, -0.2) is 8.42 Å². The van der Waals surface area contributed by atoms with Crippen LogP contribution in [0.4, 0.5) is 5.69 Å². The number of fused-ring (bicyclic) bond motifs is 1. The van der Waals surface area contributed by atoms with E-state index in [9.17, 15) is 13.2 Å². The van der Waals surface area contributed by atoms with E-state index in [2.05, 4.69) is 25.5 Å². The largest absolute Gasteiger partial charge is 0.491 e. The van der Waals surface area contributed by atoms with Gasteiger partial charge in [0.1, 0.15) is 12.4 Å². The number of benzene rings is 2. The number of hydrogen-bond donors (Lipinski definition) is 1. The van der Waals surface area contributed by atoms with E-state index in [0.29, 0.717) is 30.2 Å². The molecule has 0 bridgehead atoms. The second-order valence-electron chi connectivity index (χ2n) is 7.67. The molecule has 7 heteroatoms. The van der Waals surface area contributed by atoms with Gasteiger partial charge in [-0.05, 0) is 41.3 Å². The Morgan fingerprint density at radius 2 is 1.74 bits per heavy atom. The summed E-state index contributed by atoms with van der Waals surface area (Å²) < 4.78 is 33.5. The molecule has 0 unspecified atom stereocenters. The minimum atomic E-state index is -3.76. The smallest absolute Gasteiger partial charge is 0.261 e. The van der Waals surface area contributed by atoms with Gasteiger partial charge in [-0.15, -0.1) is 0 Å². The predicted octanol–water partition coefficient (Wildman–Crippen LogP) is 3.25. The summed E-state index contributed by atoms with van der Waals surface area (Å²) in [5.74, 6) is 0.264. The lowest BCUT2D eigenvalue weighted by atomic mass is 9.87. The number of sulfonamides is 1. The third-order valence-corrected chi connectivity index (χ3v) is 5.92. The van der Waals surface area contributed by atoms with Gasteiger partial charge < -0.3 is 9.64 Å². The van der Waals surface area contributed by atoms with Crippen LogP contribution in [-0.4, -0.2) is 39.4 Å². The molecule has 1 amide bonds. The number of nitrogens with zero attached hydrogens (tertiary/aromatic N) is 1. The fourth-order valence-corrected chi connectivity index (χ4v) is 3.88. The fourth-order valence-electron chi connectivity index (χ4n) is 2.83. The van der Waals surface area contributed by atoms with E-state index in [1.165, 1.54) is 6.07 Å². The highest BCUT2D eigenvalue weighted by Gasteiger charge is 2.23. The van der Waals surface area contributed by atoms with Crippen molar-refractivity contribution in [2.24, 2.45) is 0 Å². The summed E-state index contributed by atoms with van der Waals surface area (Å²) in [6.07, 6.45) is 0. The zero-order valence-corrected chi connectivity index (χ0v) is 16.8. The van der Waals surface area contributed by atoms with Crippen LogP contribution in [0.15, 0.2) is 47.4 Å². The second kappa shape index (κ2) is 6.88. The molecule has 0 spiro atoms. The lowest BCUT2D eigenvalue weighted by Gasteiger charge is -2.19. The predicted molar refractivity (Wildman–Crippen MR) is 105 cm³/mol. The van der Waals surface area contributed by atoms with Crippen LogP contribution in [0.1, 0.15) is 36.7 Å². The lowest BCUT2D eigenvalue weighted by molar-refractivity contribution is 0.0796. The number of ether oxygens (including phenoxy) is 1. The van der Waals surface area contributed by atoms with Crippen molar-refractivity contribution in [3.05, 3.63) is 53.6 Å². The van der Waals surface area contributed by atoms with Gasteiger partial charge in [-0.2, -0.15) is 0 Å². The Labute approximate surface area is 160 Å². The van der Waals surface area contributed by atoms with E-state index >= 15 is 0 Å². The summed E-state index contributed by atoms with van der Waals surface area (Å²) in [5, 5.41) is 0. The van der Waals surface area contributed by atoms with Crippen LogP contribution < -0.4 is 9.46 Å². The van der Waals surface area contributed by atoms with Crippen LogP contribution in [-0.2, 0) is 15.4 Å². The van der Waals surface area contributed by atoms with Crippen LogP contribution in [0, 0.1) is 0 Å². The monoisotopic (exact) mass is 388 g/mol. The minimum absolute atomic E-state index is 0.0564. The van der Waals surface area contributed by atoms with Gasteiger partial charge in [0.05, 0.1) is 17.0 Å². The highest BCUT2D eigenvalue weighted by atomic mass is 32.2. The molecule has 2 aromatic carbocycles. The molecule has 1 heterocycles. The van der Waals surface area contributed by atoms with E-state index in [4.69, 9.17) is 4.74 Å². The molecule has 1 aliphatic rings. The molecule has 0 atom stereocenters. The molecule has 144 valence electrons. The molecule has 2 aromatic rings. The fraction of sp³-hybridized carbons (Fsp3) is 0.350. The minimum Gasteiger partial charge on any atom is -0.491 e. The number of carbonyl (C=O) groups is 1. The first-order valence-corrected chi connectivity index (χ1v) is 10.2. The van der Waals surface area contributed by atoms with Crippen molar-refractivity contribution in [2.75, 3.05) is 24.9 Å². The molecule has 3 rings (SSSR count). The topological polar surface area (TPSA) is 75.7 Å². The molecule has 0 fully saturated rings. The van der Waals surface area contributed by atoms with Gasteiger partial charge in [0.2, 0.25) is 0 Å². The Bertz CT molecular complexity index is 960. The first-order valence-electron chi connectivity index (χ1n) is 8.73. The molecule has 0 saturated heterocycles. The molecule has 27 heavy (non-hydrogen) atoms. The number of nitrogens with one attached hydrogen (secondary N) is 1. The summed E-state index contributed by atoms with van der Waals surface area (Å²) in [6.45, 7) is 7.09. The number of rotatable bonds is 3. The highest BCUT2D eigenvalue weighted by Crippen LogP contribution is 2.28. The summed E-state index contributed by atoms with van der Waals surface area (Å²) in [4.78, 5) is 14.1. The standard InChI is InChI=1S/C20H24N2O4S/c1-20(2,3)14-5-8-16(9-6-14)27(24,25)21-15-7-10-18-17(13-15)19(23)22(4)11-12-26-18/h5-10,13,21H,11-12H2,1-4H3. The molecule has 0 aliphatic carbocycles. The van der Waals surface area contributed by atoms with Gasteiger partial charge in [0.15, 0.2) is 0 Å². The van der Waals surface area contributed by atoms with Gasteiger partial charge >= 0.3 is 0 Å². The van der Waals surface area contributed by atoms with Gasteiger partial charge in [0, 0.05) is 12.7 Å². The molecule has 1 N–H and O–H groups in total. The van der Waals surface area contributed by atoms with E-state index in [1.807, 2.05) is 12.1 Å². The number of carbonyl (C=O) groups excluding carboxylic acids is 1. The Hall–Kier alpha value is -2.54. The highest BCUT2D eigenvalue weighted by molar-refractivity contribution is 7.92. The Morgan fingerprint density at radius 3 is 2.37 bits per heavy atom. The summed E-state index contributed by atoms with van der Waals surface area (Å²) >= 11 is 0. The van der Waals surface area contributed by atoms with E-state index in [-0.39, 0.29) is 16.2 Å². The van der Waals surface area contributed by atoms with Crippen molar-refractivity contribution in [3.63, 3.8) is 0 Å². The molecule has 6 nitrogen and oxygen atoms in total. The van der Waals surface area contributed by atoms with Crippen molar-refractivity contribution >= 4 is 21.6 Å². The number of likely N-dealkylation sites (N-methyl/N-ethyl adjacent to an activating group) is 1. The molecule has 0 aromatic heterocycles. The van der Waals surface area contributed by atoms with Crippen LogP contribution in [0.5, 0.6) is 5.75 Å². The zero-order chi connectivity index (χ0) is 19.8. The molecule has 0 saturated carbocycles. The second-order valence-corrected chi connectivity index (χ2v) is 9.35. The number of amides is 1. The third-order valence-electron chi connectivity index (χ3n) is 4.52. The van der Waals surface area contributed by atoms with Crippen LogP contribution in [0.2, 0.25) is 0 Å². The van der Waals surface area contributed by atoms with E-state index in [0.717, 1.165) is 5.56 Å². The maximum Gasteiger partial charge on any atom is 0.261 e.